The summed E-state index contributed by atoms with van der Waals surface area (Å²) >= 11 is 0. The lowest BCUT2D eigenvalue weighted by Gasteiger charge is -2.27. The van der Waals surface area contributed by atoms with E-state index in [0.717, 1.165) is 5.56 Å². The molecule has 1 atom stereocenters. The Bertz CT molecular complexity index is 792. The molecule has 0 aromatic heterocycles. The van der Waals surface area contributed by atoms with E-state index in [0.29, 0.717) is 29.9 Å². The minimum absolute atomic E-state index is 0.250. The molecule has 3 N–H and O–H groups in total. The first kappa shape index (κ1) is 16.8. The Morgan fingerprint density at radius 2 is 1.96 bits per heavy atom. The van der Waals surface area contributed by atoms with Gasteiger partial charge in [-0.25, -0.2) is 9.18 Å². The van der Waals surface area contributed by atoms with Gasteiger partial charge in [0, 0.05) is 18.5 Å². The van der Waals surface area contributed by atoms with E-state index in [9.17, 15) is 14.0 Å². The maximum atomic E-state index is 12.9. The molecule has 2 aromatic carbocycles. The van der Waals surface area contributed by atoms with E-state index in [1.165, 1.54) is 12.1 Å². The molecule has 2 amide bonds. The Balaban J connectivity index is 1.77. The van der Waals surface area contributed by atoms with Crippen molar-refractivity contribution in [3.05, 3.63) is 65.0 Å². The molecule has 6 nitrogen and oxygen atoms in total. The minimum Gasteiger partial charge on any atom is -0.492 e. The molecular weight excluding hydrogens is 327 g/mol. The van der Waals surface area contributed by atoms with Crippen molar-refractivity contribution < 1.29 is 23.8 Å². The predicted molar refractivity (Wildman–Crippen MR) is 88.0 cm³/mol. The summed E-state index contributed by atoms with van der Waals surface area (Å²) < 4.78 is 18.5. The zero-order valence-electron chi connectivity index (χ0n) is 13.3. The smallest absolute Gasteiger partial charge is 0.405 e. The van der Waals surface area contributed by atoms with Crippen LogP contribution < -0.4 is 15.4 Å². The molecule has 0 radical (unpaired) electrons. The Hall–Kier alpha value is -3.09. The largest absolute Gasteiger partial charge is 0.492 e. The van der Waals surface area contributed by atoms with Gasteiger partial charge in [-0.3, -0.25) is 4.79 Å². The summed E-state index contributed by atoms with van der Waals surface area (Å²) in [6.07, 6.45) is -0.621. The number of hydrogen-bond donors (Lipinski definition) is 3. The fraction of sp³-hybridized carbons (Fsp3) is 0.222. The molecule has 2 aromatic rings. The van der Waals surface area contributed by atoms with Gasteiger partial charge in [0.25, 0.3) is 5.91 Å². The third-order valence-corrected chi connectivity index (χ3v) is 3.98. The highest BCUT2D eigenvalue weighted by atomic mass is 19.1. The van der Waals surface area contributed by atoms with Crippen LogP contribution in [-0.2, 0) is 6.54 Å². The number of hydrogen-bond acceptors (Lipinski definition) is 3. The van der Waals surface area contributed by atoms with Crippen LogP contribution in [0.25, 0.3) is 0 Å². The average molecular weight is 344 g/mol. The molecule has 130 valence electrons. The van der Waals surface area contributed by atoms with Crippen LogP contribution in [0.3, 0.4) is 0 Å². The zero-order valence-corrected chi connectivity index (χ0v) is 13.3. The third kappa shape index (κ3) is 3.88. The number of benzene rings is 2. The van der Waals surface area contributed by atoms with E-state index in [1.807, 2.05) is 0 Å². The molecule has 1 unspecified atom stereocenters. The standard InChI is InChI=1S/C18H17FN2O4/c19-12-6-4-11(5-7-12)10-20-17(22)14-3-1-2-13-15(21-18(23)24)8-9-25-16(13)14/h1-7,15,21H,8-10H2,(H,20,22)(H,23,24). The van der Waals surface area contributed by atoms with Gasteiger partial charge in [0.1, 0.15) is 11.6 Å². The van der Waals surface area contributed by atoms with Crippen LogP contribution in [0.5, 0.6) is 5.75 Å². The second-order valence-electron chi connectivity index (χ2n) is 5.67. The maximum absolute atomic E-state index is 12.9. The highest BCUT2D eigenvalue weighted by Crippen LogP contribution is 2.35. The van der Waals surface area contributed by atoms with Crippen LogP contribution >= 0.6 is 0 Å². The van der Waals surface area contributed by atoms with Crippen LogP contribution in [-0.4, -0.2) is 23.7 Å². The van der Waals surface area contributed by atoms with E-state index in [1.54, 1.807) is 30.3 Å². The van der Waals surface area contributed by atoms with Crippen molar-refractivity contribution in [1.82, 2.24) is 10.6 Å². The second-order valence-corrected chi connectivity index (χ2v) is 5.67. The topological polar surface area (TPSA) is 87.7 Å². The molecular formula is C18H17FN2O4. The molecule has 7 heteroatoms. The summed E-state index contributed by atoms with van der Waals surface area (Å²) in [4.78, 5) is 23.4. The number of carbonyl (C=O) groups is 2. The lowest BCUT2D eigenvalue weighted by Crippen LogP contribution is -2.32. The minimum atomic E-state index is -1.12. The molecule has 0 saturated heterocycles. The van der Waals surface area contributed by atoms with Crippen molar-refractivity contribution in [1.29, 1.82) is 0 Å². The molecule has 1 heterocycles. The zero-order chi connectivity index (χ0) is 17.8. The Labute approximate surface area is 143 Å². The quantitative estimate of drug-likeness (QED) is 0.796. The first-order chi connectivity index (χ1) is 12.0. The molecule has 0 saturated carbocycles. The number of ether oxygens (including phenoxy) is 1. The predicted octanol–water partition coefficient (Wildman–Crippen LogP) is 2.85. The van der Waals surface area contributed by atoms with Gasteiger partial charge in [-0.15, -0.1) is 0 Å². The molecule has 0 aliphatic carbocycles. The number of carbonyl (C=O) groups excluding carboxylic acids is 1. The van der Waals surface area contributed by atoms with Crippen molar-refractivity contribution in [2.75, 3.05) is 6.61 Å². The van der Waals surface area contributed by atoms with Gasteiger partial charge in [0.15, 0.2) is 0 Å². The van der Waals surface area contributed by atoms with E-state index in [2.05, 4.69) is 10.6 Å². The SMILES string of the molecule is O=C(O)NC1CCOc2c(C(=O)NCc3ccc(F)cc3)cccc21. The van der Waals surface area contributed by atoms with Crippen LogP contribution in [0.4, 0.5) is 9.18 Å². The maximum Gasteiger partial charge on any atom is 0.405 e. The van der Waals surface area contributed by atoms with Gasteiger partial charge < -0.3 is 20.5 Å². The highest BCUT2D eigenvalue weighted by molar-refractivity contribution is 5.97. The van der Waals surface area contributed by atoms with Gasteiger partial charge in [-0.1, -0.05) is 24.3 Å². The Morgan fingerprint density at radius 1 is 1.20 bits per heavy atom. The molecule has 0 fully saturated rings. The number of carboxylic acid groups (broad SMARTS) is 1. The Morgan fingerprint density at radius 3 is 2.68 bits per heavy atom. The molecule has 1 aliphatic heterocycles. The van der Waals surface area contributed by atoms with E-state index < -0.39 is 12.1 Å². The summed E-state index contributed by atoms with van der Waals surface area (Å²) in [6.45, 7) is 0.569. The fourth-order valence-corrected chi connectivity index (χ4v) is 2.78. The number of halogens is 1. The molecule has 25 heavy (non-hydrogen) atoms. The van der Waals surface area contributed by atoms with Gasteiger partial charge in [-0.2, -0.15) is 0 Å². The van der Waals surface area contributed by atoms with Crippen LogP contribution in [0.15, 0.2) is 42.5 Å². The van der Waals surface area contributed by atoms with Gasteiger partial charge in [0.2, 0.25) is 0 Å². The van der Waals surface area contributed by atoms with Gasteiger partial charge >= 0.3 is 6.09 Å². The van der Waals surface area contributed by atoms with E-state index in [4.69, 9.17) is 9.84 Å². The van der Waals surface area contributed by atoms with E-state index in [-0.39, 0.29) is 18.3 Å². The lowest BCUT2D eigenvalue weighted by atomic mass is 9.97. The summed E-state index contributed by atoms with van der Waals surface area (Å²) in [5, 5.41) is 14.1. The molecule has 0 bridgehead atoms. The molecule has 3 rings (SSSR count). The van der Waals surface area contributed by atoms with Crippen LogP contribution in [0.1, 0.15) is 33.9 Å². The van der Waals surface area contributed by atoms with Crippen molar-refractivity contribution in [3.8, 4) is 5.75 Å². The fourth-order valence-electron chi connectivity index (χ4n) is 2.78. The summed E-state index contributed by atoms with van der Waals surface area (Å²) in [7, 11) is 0. The number of rotatable bonds is 4. The van der Waals surface area contributed by atoms with Crippen molar-refractivity contribution >= 4 is 12.0 Å². The third-order valence-electron chi connectivity index (χ3n) is 3.98. The first-order valence-electron chi connectivity index (χ1n) is 7.82. The first-order valence-corrected chi connectivity index (χ1v) is 7.82. The second kappa shape index (κ2) is 7.21. The molecule has 1 aliphatic rings. The van der Waals surface area contributed by atoms with Gasteiger partial charge in [-0.05, 0) is 23.8 Å². The summed E-state index contributed by atoms with van der Waals surface area (Å²) in [6, 6.07) is 10.5. The number of amides is 2. The highest BCUT2D eigenvalue weighted by Gasteiger charge is 2.26. The number of fused-ring (bicyclic) bond motifs is 1. The van der Waals surface area contributed by atoms with Gasteiger partial charge in [0.05, 0.1) is 18.2 Å². The van der Waals surface area contributed by atoms with E-state index >= 15 is 0 Å². The van der Waals surface area contributed by atoms with Crippen molar-refractivity contribution in [2.45, 2.75) is 19.0 Å². The van der Waals surface area contributed by atoms with Crippen molar-refractivity contribution in [2.24, 2.45) is 0 Å². The number of para-hydroxylation sites is 1. The molecule has 0 spiro atoms. The average Bonchev–Trinajstić information content (AvgIpc) is 2.60. The van der Waals surface area contributed by atoms with Crippen LogP contribution in [0, 0.1) is 5.82 Å². The summed E-state index contributed by atoms with van der Waals surface area (Å²) in [5.41, 5.74) is 1.76. The van der Waals surface area contributed by atoms with Crippen molar-refractivity contribution in [3.63, 3.8) is 0 Å². The summed E-state index contributed by atoms with van der Waals surface area (Å²) in [5.74, 6) is -0.279. The van der Waals surface area contributed by atoms with Crippen LogP contribution in [0.2, 0.25) is 0 Å². The normalized spacial score (nSPS) is 15.6. The Kier molecular flexibility index (Phi) is 4.83. The number of nitrogens with one attached hydrogen (secondary N) is 2. The monoisotopic (exact) mass is 344 g/mol. The lowest BCUT2D eigenvalue weighted by molar-refractivity contribution is 0.0945.